The molecule has 0 fully saturated rings. The fourth-order valence-corrected chi connectivity index (χ4v) is 3.37. The molecule has 5 heteroatoms. The van der Waals surface area contributed by atoms with E-state index in [1.54, 1.807) is 12.1 Å². The molecule has 24 heavy (non-hydrogen) atoms. The zero-order valence-corrected chi connectivity index (χ0v) is 12.9. The Bertz CT molecular complexity index is 944. The van der Waals surface area contributed by atoms with E-state index in [4.69, 9.17) is 0 Å². The molecule has 0 aliphatic carbocycles. The van der Waals surface area contributed by atoms with Gasteiger partial charge in [-0.2, -0.15) is 0 Å². The van der Waals surface area contributed by atoms with Crippen LogP contribution in [0.1, 0.15) is 21.5 Å². The van der Waals surface area contributed by atoms with Gasteiger partial charge in [-0.25, -0.2) is 4.79 Å². The number of carboxylic acid groups (broad SMARTS) is 1. The number of carbonyl (C=O) groups excluding carboxylic acids is 1. The lowest BCUT2D eigenvalue weighted by Gasteiger charge is -2.24. The van der Waals surface area contributed by atoms with Crippen LogP contribution in [-0.2, 0) is 17.8 Å². The second kappa shape index (κ2) is 5.53. The Balaban J connectivity index is 1.67. The molecular weight excluding hydrogens is 304 g/mol. The minimum absolute atomic E-state index is 0.210. The topological polar surface area (TPSA) is 73.4 Å². The van der Waals surface area contributed by atoms with Crippen molar-refractivity contribution in [1.82, 2.24) is 9.88 Å². The second-order valence-electron chi connectivity index (χ2n) is 6.01. The van der Waals surface area contributed by atoms with Crippen molar-refractivity contribution in [2.45, 2.75) is 19.0 Å². The lowest BCUT2D eigenvalue weighted by atomic mass is 10.0. The molecular formula is C19H16N2O3. The number of carbonyl (C=O) groups is 2. The fourth-order valence-electron chi connectivity index (χ4n) is 3.37. The van der Waals surface area contributed by atoms with Crippen LogP contribution in [0.3, 0.4) is 0 Å². The SMILES string of the molecule is O=C(O)[C@@H](Cc1c[nH]c2ccccc12)N1Cc2ccccc2C1=O. The van der Waals surface area contributed by atoms with Gasteiger partial charge in [0.15, 0.2) is 0 Å². The first-order valence-electron chi connectivity index (χ1n) is 7.82. The quantitative estimate of drug-likeness (QED) is 0.776. The number of nitrogens with zero attached hydrogens (tertiary/aromatic N) is 1. The van der Waals surface area contributed by atoms with Crippen LogP contribution < -0.4 is 0 Å². The number of H-pyrrole nitrogens is 1. The zero-order valence-electron chi connectivity index (χ0n) is 12.9. The smallest absolute Gasteiger partial charge is 0.326 e. The number of hydrogen-bond donors (Lipinski definition) is 2. The Kier molecular flexibility index (Phi) is 3.34. The van der Waals surface area contributed by atoms with Gasteiger partial charge in [0.05, 0.1) is 0 Å². The number of aliphatic carboxylic acids is 1. The van der Waals surface area contributed by atoms with Gasteiger partial charge in [0.25, 0.3) is 5.91 Å². The van der Waals surface area contributed by atoms with Crippen LogP contribution in [0.2, 0.25) is 0 Å². The summed E-state index contributed by atoms with van der Waals surface area (Å²) >= 11 is 0. The highest BCUT2D eigenvalue weighted by Crippen LogP contribution is 2.27. The van der Waals surface area contributed by atoms with E-state index in [1.807, 2.05) is 42.6 Å². The van der Waals surface area contributed by atoms with Crippen LogP contribution in [0.4, 0.5) is 0 Å². The molecule has 0 saturated carbocycles. The maximum absolute atomic E-state index is 12.6. The molecule has 1 aromatic heterocycles. The summed E-state index contributed by atoms with van der Waals surface area (Å²) in [5.74, 6) is -1.20. The number of aromatic nitrogens is 1. The largest absolute Gasteiger partial charge is 0.480 e. The van der Waals surface area contributed by atoms with E-state index >= 15 is 0 Å². The summed E-state index contributed by atoms with van der Waals surface area (Å²) in [6, 6.07) is 14.2. The third-order valence-corrected chi connectivity index (χ3v) is 4.60. The van der Waals surface area contributed by atoms with Crippen molar-refractivity contribution in [1.29, 1.82) is 0 Å². The highest BCUT2D eigenvalue weighted by molar-refractivity contribution is 6.00. The van der Waals surface area contributed by atoms with E-state index in [9.17, 15) is 14.7 Å². The molecule has 120 valence electrons. The van der Waals surface area contributed by atoms with Crippen LogP contribution in [0.5, 0.6) is 0 Å². The number of fused-ring (bicyclic) bond motifs is 2. The van der Waals surface area contributed by atoms with Gasteiger partial charge in [-0.15, -0.1) is 0 Å². The Morgan fingerprint density at radius 1 is 1.17 bits per heavy atom. The van der Waals surface area contributed by atoms with Crippen molar-refractivity contribution in [2.75, 3.05) is 0 Å². The lowest BCUT2D eigenvalue weighted by molar-refractivity contribution is -0.142. The Morgan fingerprint density at radius 2 is 1.92 bits per heavy atom. The van der Waals surface area contributed by atoms with Gasteiger partial charge in [0, 0.05) is 35.6 Å². The Hall–Kier alpha value is -3.08. The molecule has 0 spiro atoms. The summed E-state index contributed by atoms with van der Waals surface area (Å²) in [7, 11) is 0. The van der Waals surface area contributed by atoms with Crippen molar-refractivity contribution in [3.05, 3.63) is 71.4 Å². The van der Waals surface area contributed by atoms with E-state index in [1.165, 1.54) is 4.90 Å². The predicted molar refractivity (Wildman–Crippen MR) is 89.7 cm³/mol. The molecule has 3 aromatic rings. The second-order valence-corrected chi connectivity index (χ2v) is 6.01. The lowest BCUT2D eigenvalue weighted by Crippen LogP contribution is -2.42. The molecule has 0 unspecified atom stereocenters. The molecule has 2 N–H and O–H groups in total. The number of benzene rings is 2. The van der Waals surface area contributed by atoms with Crippen molar-refractivity contribution in [2.24, 2.45) is 0 Å². The summed E-state index contributed by atoms with van der Waals surface area (Å²) in [5.41, 5.74) is 3.35. The maximum atomic E-state index is 12.6. The van der Waals surface area contributed by atoms with Gasteiger partial charge in [-0.1, -0.05) is 36.4 Å². The van der Waals surface area contributed by atoms with Crippen molar-refractivity contribution in [3.63, 3.8) is 0 Å². The normalized spacial score (nSPS) is 14.8. The third kappa shape index (κ3) is 2.25. The molecule has 1 atom stereocenters. The van der Waals surface area contributed by atoms with E-state index in [-0.39, 0.29) is 12.3 Å². The van der Waals surface area contributed by atoms with Crippen molar-refractivity contribution >= 4 is 22.8 Å². The monoisotopic (exact) mass is 320 g/mol. The zero-order chi connectivity index (χ0) is 16.7. The highest BCUT2D eigenvalue weighted by atomic mass is 16.4. The Morgan fingerprint density at radius 3 is 2.71 bits per heavy atom. The summed E-state index contributed by atoms with van der Waals surface area (Å²) < 4.78 is 0. The Labute approximate surface area is 138 Å². The third-order valence-electron chi connectivity index (χ3n) is 4.60. The molecule has 1 aliphatic heterocycles. The number of nitrogens with one attached hydrogen (secondary N) is 1. The van der Waals surface area contributed by atoms with Gasteiger partial charge < -0.3 is 15.0 Å². The summed E-state index contributed by atoms with van der Waals surface area (Å²) in [5, 5.41) is 10.7. The van der Waals surface area contributed by atoms with Crippen LogP contribution in [0, 0.1) is 0 Å². The van der Waals surface area contributed by atoms with Crippen LogP contribution in [0.15, 0.2) is 54.7 Å². The van der Waals surface area contributed by atoms with E-state index in [0.29, 0.717) is 12.1 Å². The van der Waals surface area contributed by atoms with Gasteiger partial charge >= 0.3 is 5.97 Å². The molecule has 0 radical (unpaired) electrons. The minimum atomic E-state index is -0.985. The molecule has 1 aliphatic rings. The minimum Gasteiger partial charge on any atom is -0.480 e. The molecule has 0 saturated heterocycles. The average molecular weight is 320 g/mol. The first-order chi connectivity index (χ1) is 11.6. The first kappa shape index (κ1) is 14.5. The van der Waals surface area contributed by atoms with E-state index in [2.05, 4.69) is 4.98 Å². The molecule has 1 amide bonds. The summed E-state index contributed by atoms with van der Waals surface area (Å²) in [6.07, 6.45) is 2.10. The first-order valence-corrected chi connectivity index (χ1v) is 7.82. The van der Waals surface area contributed by atoms with E-state index in [0.717, 1.165) is 22.0 Å². The highest BCUT2D eigenvalue weighted by Gasteiger charge is 2.36. The molecule has 5 nitrogen and oxygen atoms in total. The van der Waals surface area contributed by atoms with Crippen LogP contribution >= 0.6 is 0 Å². The average Bonchev–Trinajstić information content (AvgIpc) is 3.14. The summed E-state index contributed by atoms with van der Waals surface area (Å²) in [4.78, 5) is 29.0. The van der Waals surface area contributed by atoms with Crippen molar-refractivity contribution < 1.29 is 14.7 Å². The van der Waals surface area contributed by atoms with E-state index < -0.39 is 12.0 Å². The van der Waals surface area contributed by atoms with Crippen molar-refractivity contribution in [3.8, 4) is 0 Å². The molecule has 4 rings (SSSR count). The van der Waals surface area contributed by atoms with Gasteiger partial charge in [0.2, 0.25) is 0 Å². The number of aromatic amines is 1. The van der Waals surface area contributed by atoms with Crippen LogP contribution in [-0.4, -0.2) is 32.9 Å². The number of carboxylic acids is 1. The van der Waals surface area contributed by atoms with Crippen LogP contribution in [0.25, 0.3) is 10.9 Å². The fraction of sp³-hybridized carbons (Fsp3) is 0.158. The number of rotatable bonds is 4. The molecule has 2 aromatic carbocycles. The molecule has 0 bridgehead atoms. The number of amides is 1. The van der Waals surface area contributed by atoms with Gasteiger partial charge in [-0.05, 0) is 23.3 Å². The summed E-state index contributed by atoms with van der Waals surface area (Å²) in [6.45, 7) is 0.342. The van der Waals surface area contributed by atoms with Gasteiger partial charge in [-0.3, -0.25) is 4.79 Å². The number of hydrogen-bond acceptors (Lipinski definition) is 2. The van der Waals surface area contributed by atoms with Gasteiger partial charge in [0.1, 0.15) is 6.04 Å². The standard InChI is InChI=1S/C19H16N2O3/c22-18-15-7-2-1-5-12(15)11-21(18)17(19(23)24)9-13-10-20-16-8-4-3-6-14(13)16/h1-8,10,17,20H,9,11H2,(H,23,24)/t17-/m1/s1. The maximum Gasteiger partial charge on any atom is 0.326 e. The number of para-hydroxylation sites is 1. The molecule has 2 heterocycles. The predicted octanol–water partition coefficient (Wildman–Crippen LogP) is 2.82.